The van der Waals surface area contributed by atoms with Crippen LogP contribution in [-0.2, 0) is 4.79 Å². The molecule has 164 valence electrons. The molecule has 1 N–H and O–H groups in total. The van der Waals surface area contributed by atoms with E-state index in [1.54, 1.807) is 18.2 Å². The van der Waals surface area contributed by atoms with Crippen molar-refractivity contribution in [1.82, 2.24) is 9.80 Å². The summed E-state index contributed by atoms with van der Waals surface area (Å²) in [4.78, 5) is 20.7. The Balaban J connectivity index is 1.82. The molecule has 0 aliphatic carbocycles. The number of carbonyl (C=O) groups is 1. The number of likely N-dealkylation sites (N-methyl/N-ethyl adjacent to an activating group) is 1. The first-order valence-corrected chi connectivity index (χ1v) is 10.8. The fourth-order valence-electron chi connectivity index (χ4n) is 4.38. The van der Waals surface area contributed by atoms with Crippen molar-refractivity contribution in [3.63, 3.8) is 0 Å². The van der Waals surface area contributed by atoms with Crippen LogP contribution in [0.25, 0.3) is 0 Å². The second-order valence-corrected chi connectivity index (χ2v) is 8.32. The number of halogens is 2. The van der Waals surface area contributed by atoms with Gasteiger partial charge in [0.05, 0.1) is 18.7 Å². The van der Waals surface area contributed by atoms with E-state index in [0.29, 0.717) is 54.0 Å². The average molecular weight is 446 g/mol. The minimum absolute atomic E-state index is 0.0161. The minimum atomic E-state index is -0.868. The zero-order chi connectivity index (χ0) is 22.0. The van der Waals surface area contributed by atoms with Crippen LogP contribution in [0.3, 0.4) is 0 Å². The Hall–Kier alpha value is -2.64. The fraction of sp³-hybridized carbons (Fsp3) is 0.391. The lowest BCUT2D eigenvalue weighted by atomic mass is 9.93. The van der Waals surface area contributed by atoms with Crippen LogP contribution in [0.5, 0.6) is 11.5 Å². The van der Waals surface area contributed by atoms with Crippen molar-refractivity contribution in [3.05, 3.63) is 53.1 Å². The number of hydrogen-bond acceptors (Lipinski definition) is 5. The summed E-state index contributed by atoms with van der Waals surface area (Å²) in [6, 6.07) is 12.5. The van der Waals surface area contributed by atoms with Crippen molar-refractivity contribution < 1.29 is 19.0 Å². The number of piperazine rings is 1. The maximum atomic E-state index is 13.1. The quantitative estimate of drug-likeness (QED) is 0.720. The average Bonchev–Trinajstić information content (AvgIpc) is 2.90. The number of aliphatic imine (C=N–C) groups is 1. The molecular weight excluding hydrogens is 421 g/mol. The number of rotatable bonds is 5. The fourth-order valence-corrected chi connectivity index (χ4v) is 4.55. The molecule has 0 amide bonds. The van der Waals surface area contributed by atoms with Crippen LogP contribution in [0.4, 0.5) is 10.1 Å². The van der Waals surface area contributed by atoms with Gasteiger partial charge in [0, 0.05) is 30.2 Å². The van der Waals surface area contributed by atoms with Gasteiger partial charge in [-0.25, -0.2) is 4.99 Å². The van der Waals surface area contributed by atoms with Gasteiger partial charge in [0.15, 0.2) is 5.75 Å². The van der Waals surface area contributed by atoms with E-state index in [1.807, 2.05) is 31.3 Å². The van der Waals surface area contributed by atoms with Gasteiger partial charge < -0.3 is 14.7 Å². The smallest absolute Gasteiger partial charge is 0.305 e. The highest BCUT2D eigenvalue weighted by Crippen LogP contribution is 2.40. The van der Waals surface area contributed by atoms with E-state index in [1.165, 1.54) is 0 Å². The first-order valence-electron chi connectivity index (χ1n) is 10.4. The second kappa shape index (κ2) is 9.24. The van der Waals surface area contributed by atoms with Gasteiger partial charge in [0.1, 0.15) is 17.3 Å². The maximum absolute atomic E-state index is 13.1. The zero-order valence-electron chi connectivity index (χ0n) is 17.3. The Morgan fingerprint density at radius 2 is 2.03 bits per heavy atom. The largest absolute Gasteiger partial charge is 0.481 e. The summed E-state index contributed by atoms with van der Waals surface area (Å²) in [5, 5.41) is 10.1. The van der Waals surface area contributed by atoms with Crippen LogP contribution in [0.15, 0.2) is 47.5 Å². The number of ether oxygens (including phenoxy) is 1. The Bertz CT molecular complexity index is 1000. The summed E-state index contributed by atoms with van der Waals surface area (Å²) in [7, 11) is 1.93. The number of nitrogens with zero attached hydrogens (tertiary/aromatic N) is 3. The minimum Gasteiger partial charge on any atom is -0.481 e. The Morgan fingerprint density at radius 1 is 1.23 bits per heavy atom. The molecule has 8 heteroatoms. The number of carboxylic acids is 1. The summed E-state index contributed by atoms with van der Waals surface area (Å²) < 4.78 is 19.3. The van der Waals surface area contributed by atoms with E-state index in [4.69, 9.17) is 21.3 Å². The molecule has 6 nitrogen and oxygen atoms in total. The summed E-state index contributed by atoms with van der Waals surface area (Å²) in [5.74, 6) is 1.10. The van der Waals surface area contributed by atoms with Crippen molar-refractivity contribution >= 4 is 29.1 Å². The van der Waals surface area contributed by atoms with E-state index >= 15 is 0 Å². The molecule has 31 heavy (non-hydrogen) atoms. The third-order valence-electron chi connectivity index (χ3n) is 5.89. The first kappa shape index (κ1) is 21.6. The predicted octanol–water partition coefficient (Wildman–Crippen LogP) is 4.73. The zero-order valence-corrected chi connectivity index (χ0v) is 18.1. The number of amidine groups is 1. The van der Waals surface area contributed by atoms with Gasteiger partial charge >= 0.3 is 5.97 Å². The molecule has 2 atom stereocenters. The molecule has 1 saturated heterocycles. The van der Waals surface area contributed by atoms with Gasteiger partial charge in [0.25, 0.3) is 0 Å². The first-order chi connectivity index (χ1) is 15.0. The lowest BCUT2D eigenvalue weighted by molar-refractivity contribution is -0.139. The molecule has 4 rings (SSSR count). The molecule has 2 aliphatic heterocycles. The van der Waals surface area contributed by atoms with E-state index in [2.05, 4.69) is 9.80 Å². The molecular formula is C23H25ClFN3O3. The van der Waals surface area contributed by atoms with E-state index < -0.39 is 12.6 Å². The van der Waals surface area contributed by atoms with Crippen molar-refractivity contribution in [2.24, 2.45) is 4.99 Å². The van der Waals surface area contributed by atoms with Crippen LogP contribution in [0, 0.1) is 0 Å². The highest BCUT2D eigenvalue weighted by molar-refractivity contribution is 6.31. The SMILES string of the molecule is CN1CCN(C2=Nc3cc(Cl)ccc3Oc3ccccc32)C(CCCF)[C@@H]1CC(=O)O. The molecule has 1 fully saturated rings. The number of para-hydroxylation sites is 1. The lowest BCUT2D eigenvalue weighted by Gasteiger charge is -2.47. The van der Waals surface area contributed by atoms with Crippen LogP contribution < -0.4 is 4.74 Å². The predicted molar refractivity (Wildman–Crippen MR) is 119 cm³/mol. The van der Waals surface area contributed by atoms with Crippen molar-refractivity contribution in [3.8, 4) is 11.5 Å². The molecule has 0 saturated carbocycles. The van der Waals surface area contributed by atoms with E-state index in [-0.39, 0.29) is 18.5 Å². The highest BCUT2D eigenvalue weighted by atomic mass is 35.5. The summed E-state index contributed by atoms with van der Waals surface area (Å²) >= 11 is 6.22. The summed E-state index contributed by atoms with van der Waals surface area (Å²) in [6.07, 6.45) is 0.875. The third kappa shape index (κ3) is 4.52. The van der Waals surface area contributed by atoms with Gasteiger partial charge in [0.2, 0.25) is 0 Å². The highest BCUT2D eigenvalue weighted by Gasteiger charge is 2.38. The molecule has 2 aromatic rings. The van der Waals surface area contributed by atoms with Gasteiger partial charge in [-0.15, -0.1) is 0 Å². The van der Waals surface area contributed by atoms with E-state index in [0.717, 1.165) is 5.56 Å². The van der Waals surface area contributed by atoms with Gasteiger partial charge in [-0.05, 0) is 50.2 Å². The third-order valence-corrected chi connectivity index (χ3v) is 6.12. The monoisotopic (exact) mass is 445 g/mol. The van der Waals surface area contributed by atoms with Gasteiger partial charge in [-0.1, -0.05) is 23.7 Å². The van der Waals surface area contributed by atoms with Crippen LogP contribution >= 0.6 is 11.6 Å². The summed E-state index contributed by atoms with van der Waals surface area (Å²) in [6.45, 7) is 0.875. The molecule has 0 radical (unpaired) electrons. The normalized spacial score (nSPS) is 20.9. The second-order valence-electron chi connectivity index (χ2n) is 7.88. The van der Waals surface area contributed by atoms with Gasteiger partial charge in [-0.3, -0.25) is 14.1 Å². The Labute approximate surface area is 185 Å². The van der Waals surface area contributed by atoms with E-state index in [9.17, 15) is 14.3 Å². The molecule has 2 aliphatic rings. The number of alkyl halides is 1. The van der Waals surface area contributed by atoms with Crippen LogP contribution in [-0.4, -0.2) is 65.6 Å². The standard InChI is InChI=1S/C23H25ClFN3O3/c1-27-11-12-28(18(6-4-10-25)19(27)14-22(29)30)23-16-5-2-3-7-20(16)31-21-9-8-15(24)13-17(21)26-23/h2-3,5,7-9,13,18-19H,4,6,10-12,14H2,1H3,(H,29,30)/t18?,19-/m0/s1. The number of hydrogen-bond donors (Lipinski definition) is 1. The summed E-state index contributed by atoms with van der Waals surface area (Å²) in [5.41, 5.74) is 1.43. The number of carboxylic acid groups (broad SMARTS) is 1. The molecule has 1 unspecified atom stereocenters. The number of aliphatic carboxylic acids is 1. The van der Waals surface area contributed by atoms with Crippen LogP contribution in [0.1, 0.15) is 24.8 Å². The Morgan fingerprint density at radius 3 is 2.81 bits per heavy atom. The van der Waals surface area contributed by atoms with Crippen molar-refractivity contribution in [2.75, 3.05) is 26.8 Å². The van der Waals surface area contributed by atoms with Crippen LogP contribution in [0.2, 0.25) is 5.02 Å². The number of benzene rings is 2. The molecule has 2 aromatic carbocycles. The molecule has 0 spiro atoms. The topological polar surface area (TPSA) is 65.4 Å². The number of fused-ring (bicyclic) bond motifs is 2. The Kier molecular flexibility index (Phi) is 6.43. The lowest BCUT2D eigenvalue weighted by Crippen LogP contribution is -2.60. The molecule has 0 bridgehead atoms. The van der Waals surface area contributed by atoms with Crippen molar-refractivity contribution in [2.45, 2.75) is 31.3 Å². The van der Waals surface area contributed by atoms with Gasteiger partial charge in [-0.2, -0.15) is 0 Å². The molecule has 0 aromatic heterocycles. The maximum Gasteiger partial charge on any atom is 0.305 e. The van der Waals surface area contributed by atoms with Crippen molar-refractivity contribution in [1.29, 1.82) is 0 Å². The molecule has 2 heterocycles.